The van der Waals surface area contributed by atoms with Crippen LogP contribution >= 0.6 is 7.75 Å². The zero-order chi connectivity index (χ0) is 15.6. The molecular formula is C10H16NO8P. The van der Waals surface area contributed by atoms with Crippen molar-refractivity contribution in [1.29, 1.82) is 0 Å². The lowest BCUT2D eigenvalue weighted by atomic mass is 10.0. The van der Waals surface area contributed by atoms with Gasteiger partial charge in [0.15, 0.2) is 0 Å². The Morgan fingerprint density at radius 1 is 1.25 bits per heavy atom. The molecular weight excluding hydrogens is 293 g/mol. The van der Waals surface area contributed by atoms with Crippen LogP contribution in [0.2, 0.25) is 0 Å². The van der Waals surface area contributed by atoms with Crippen LogP contribution in [0.25, 0.3) is 0 Å². The minimum atomic E-state index is -4.09. The number of carbonyl (C=O) groups is 3. The number of hydrogen-bond donors (Lipinski definition) is 0. The van der Waals surface area contributed by atoms with E-state index in [0.717, 1.165) is 14.2 Å². The van der Waals surface area contributed by atoms with Gasteiger partial charge in [0, 0.05) is 14.2 Å². The van der Waals surface area contributed by atoms with Crippen LogP contribution in [0.3, 0.4) is 0 Å². The third kappa shape index (κ3) is 2.32. The molecule has 114 valence electrons. The first kappa shape index (κ1) is 16.6. The average molecular weight is 309 g/mol. The molecule has 1 aliphatic heterocycles. The minimum absolute atomic E-state index is 0.0996. The minimum Gasteiger partial charge on any atom is -0.463 e. The van der Waals surface area contributed by atoms with Crippen molar-refractivity contribution in [2.75, 3.05) is 27.4 Å². The molecule has 1 atom stereocenters. The summed E-state index contributed by atoms with van der Waals surface area (Å²) in [6.45, 7) is 2.76. The Kier molecular flexibility index (Phi) is 4.90. The summed E-state index contributed by atoms with van der Waals surface area (Å²) in [4.78, 5) is 36.1. The summed E-state index contributed by atoms with van der Waals surface area (Å²) < 4.78 is 31.6. The molecule has 0 N–H and O–H groups in total. The highest BCUT2D eigenvalue weighted by Crippen LogP contribution is 2.60. The van der Waals surface area contributed by atoms with Gasteiger partial charge in [-0.25, -0.2) is 18.8 Å². The van der Waals surface area contributed by atoms with Gasteiger partial charge in [-0.05, 0) is 13.8 Å². The van der Waals surface area contributed by atoms with Gasteiger partial charge in [-0.2, -0.15) is 0 Å². The van der Waals surface area contributed by atoms with Crippen molar-refractivity contribution in [3.8, 4) is 0 Å². The number of likely N-dealkylation sites (N-methyl/N-ethyl adjacent to an activating group) is 1. The maximum atomic E-state index is 12.2. The first-order valence-corrected chi connectivity index (χ1v) is 7.29. The molecule has 10 heteroatoms. The topological polar surface area (TPSA) is 108 Å². The van der Waals surface area contributed by atoms with Gasteiger partial charge in [0.2, 0.25) is 0 Å². The van der Waals surface area contributed by atoms with Crippen LogP contribution in [0.15, 0.2) is 0 Å². The number of rotatable bonds is 5. The highest BCUT2D eigenvalue weighted by atomic mass is 31.2. The molecule has 1 amide bonds. The average Bonchev–Trinajstić information content (AvgIpc) is 2.62. The molecule has 0 bridgehead atoms. The van der Waals surface area contributed by atoms with E-state index in [1.807, 2.05) is 0 Å². The van der Waals surface area contributed by atoms with Gasteiger partial charge < -0.3 is 9.47 Å². The largest absolute Gasteiger partial charge is 0.463 e. The number of hydrogen-bond acceptors (Lipinski definition) is 8. The van der Waals surface area contributed by atoms with Crippen molar-refractivity contribution < 1.29 is 37.5 Å². The smallest absolute Gasteiger partial charge is 0.439 e. The van der Waals surface area contributed by atoms with Crippen LogP contribution in [0.4, 0.5) is 0 Å². The van der Waals surface area contributed by atoms with Crippen LogP contribution in [0.1, 0.15) is 13.8 Å². The van der Waals surface area contributed by atoms with E-state index < -0.39 is 31.2 Å². The van der Waals surface area contributed by atoms with Crippen molar-refractivity contribution in [2.45, 2.75) is 19.4 Å². The summed E-state index contributed by atoms with van der Waals surface area (Å²) >= 11 is 0. The molecule has 0 aromatic carbocycles. The molecule has 1 heterocycles. The Morgan fingerprint density at radius 2 is 1.70 bits per heavy atom. The van der Waals surface area contributed by atoms with Crippen molar-refractivity contribution in [3.63, 3.8) is 0 Å². The summed E-state index contributed by atoms with van der Waals surface area (Å²) in [6, 6.07) is 0. The second-order valence-corrected chi connectivity index (χ2v) is 5.78. The molecule has 1 saturated heterocycles. The summed E-state index contributed by atoms with van der Waals surface area (Å²) in [5.74, 6) is -3.73. The fourth-order valence-electron chi connectivity index (χ4n) is 1.57. The van der Waals surface area contributed by atoms with Crippen molar-refractivity contribution in [1.82, 2.24) is 4.67 Å². The summed E-state index contributed by atoms with van der Waals surface area (Å²) in [5, 5.41) is 0. The highest BCUT2D eigenvalue weighted by molar-refractivity contribution is 7.52. The SMILES string of the molecule is CCOC(=O)C1(C(=O)OCC)OP(=O)(OC)N(C)C1=O. The molecule has 1 aliphatic rings. The zero-order valence-electron chi connectivity index (χ0n) is 11.6. The lowest BCUT2D eigenvalue weighted by Crippen LogP contribution is -2.55. The van der Waals surface area contributed by atoms with E-state index in [4.69, 9.17) is 4.52 Å². The van der Waals surface area contributed by atoms with Gasteiger partial charge in [-0.15, -0.1) is 0 Å². The lowest BCUT2D eigenvalue weighted by molar-refractivity contribution is -0.181. The maximum absolute atomic E-state index is 12.2. The number of nitrogens with zero attached hydrogens (tertiary/aromatic N) is 1. The Labute approximate surface area is 115 Å². The van der Waals surface area contributed by atoms with E-state index in [0.29, 0.717) is 4.67 Å². The van der Waals surface area contributed by atoms with Gasteiger partial charge in [0.05, 0.1) is 13.2 Å². The summed E-state index contributed by atoms with van der Waals surface area (Å²) in [6.07, 6.45) is 0. The second kappa shape index (κ2) is 5.90. The van der Waals surface area contributed by atoms with Crippen molar-refractivity contribution >= 4 is 25.6 Å². The van der Waals surface area contributed by atoms with Gasteiger partial charge in [0.1, 0.15) is 0 Å². The fourth-order valence-corrected chi connectivity index (χ4v) is 2.95. The van der Waals surface area contributed by atoms with Crippen molar-refractivity contribution in [2.24, 2.45) is 0 Å². The molecule has 20 heavy (non-hydrogen) atoms. The van der Waals surface area contributed by atoms with Gasteiger partial charge in [-0.3, -0.25) is 13.8 Å². The van der Waals surface area contributed by atoms with Gasteiger partial charge >= 0.3 is 25.3 Å². The fraction of sp³-hybridized carbons (Fsp3) is 0.700. The summed E-state index contributed by atoms with van der Waals surface area (Å²) in [7, 11) is -1.98. The number of carbonyl (C=O) groups excluding carboxylic acids is 3. The molecule has 1 unspecified atom stereocenters. The normalized spacial score (nSPS) is 24.6. The first-order chi connectivity index (χ1) is 9.30. The van der Waals surface area contributed by atoms with E-state index in [1.54, 1.807) is 0 Å². The van der Waals surface area contributed by atoms with Crippen LogP contribution < -0.4 is 0 Å². The molecule has 1 fully saturated rings. The number of ether oxygens (including phenoxy) is 2. The van der Waals surface area contributed by atoms with Crippen LogP contribution in [-0.2, 0) is 37.5 Å². The molecule has 0 aromatic heterocycles. The molecule has 0 aromatic rings. The van der Waals surface area contributed by atoms with E-state index in [-0.39, 0.29) is 13.2 Å². The number of esters is 2. The van der Waals surface area contributed by atoms with Gasteiger partial charge in [-0.1, -0.05) is 0 Å². The molecule has 9 nitrogen and oxygen atoms in total. The monoisotopic (exact) mass is 309 g/mol. The third-order valence-corrected chi connectivity index (χ3v) is 4.45. The molecule has 0 radical (unpaired) electrons. The molecule has 1 rings (SSSR count). The van der Waals surface area contributed by atoms with Crippen LogP contribution in [-0.4, -0.2) is 55.5 Å². The van der Waals surface area contributed by atoms with E-state index >= 15 is 0 Å². The van der Waals surface area contributed by atoms with Crippen LogP contribution in [0.5, 0.6) is 0 Å². The Hall–Kier alpha value is -1.44. The molecule has 0 saturated carbocycles. The Balaban J connectivity index is 3.33. The maximum Gasteiger partial charge on any atom is 0.439 e. The quantitative estimate of drug-likeness (QED) is 0.399. The number of amides is 1. The standard InChI is InChI=1S/C10H16NO8P/c1-5-17-8(13)10(9(14)18-6-2)7(12)11(3)20(15,16-4)19-10/h5-6H2,1-4H3. The molecule has 0 spiro atoms. The van der Waals surface area contributed by atoms with E-state index in [1.165, 1.54) is 13.8 Å². The predicted octanol–water partition coefficient (Wildman–Crippen LogP) is 0.0945. The van der Waals surface area contributed by atoms with Crippen LogP contribution in [0, 0.1) is 0 Å². The highest BCUT2D eigenvalue weighted by Gasteiger charge is 2.70. The molecule has 0 aliphatic carbocycles. The predicted molar refractivity (Wildman–Crippen MR) is 64.5 cm³/mol. The van der Waals surface area contributed by atoms with E-state index in [9.17, 15) is 18.9 Å². The summed E-state index contributed by atoms with van der Waals surface area (Å²) in [5.41, 5.74) is -2.74. The van der Waals surface area contributed by atoms with E-state index in [2.05, 4.69) is 14.0 Å². The Bertz CT molecular complexity index is 458. The third-order valence-electron chi connectivity index (χ3n) is 2.57. The second-order valence-electron chi connectivity index (χ2n) is 3.69. The van der Waals surface area contributed by atoms with Crippen molar-refractivity contribution in [3.05, 3.63) is 0 Å². The zero-order valence-corrected chi connectivity index (χ0v) is 12.5. The Morgan fingerprint density at radius 3 is 2.00 bits per heavy atom. The van der Waals surface area contributed by atoms with Gasteiger partial charge in [0.25, 0.3) is 5.91 Å². The lowest BCUT2D eigenvalue weighted by Gasteiger charge is -2.20. The first-order valence-electron chi connectivity index (χ1n) is 5.79.